The second-order valence-corrected chi connectivity index (χ2v) is 8.31. The van der Waals surface area contributed by atoms with Gasteiger partial charge in [0.2, 0.25) is 0 Å². The summed E-state index contributed by atoms with van der Waals surface area (Å²) in [5.74, 6) is 1.33. The second-order valence-electron chi connectivity index (χ2n) is 8.31. The molecule has 0 saturated heterocycles. The molecule has 1 aliphatic rings. The molecule has 0 N–H and O–H groups in total. The molecule has 27 heavy (non-hydrogen) atoms. The van der Waals surface area contributed by atoms with Crippen molar-refractivity contribution >= 4 is 10.8 Å². The first-order valence-corrected chi connectivity index (χ1v) is 10.4. The summed E-state index contributed by atoms with van der Waals surface area (Å²) in [5, 5.41) is 2.37. The van der Waals surface area contributed by atoms with E-state index in [-0.39, 0.29) is 5.82 Å². The molecule has 0 unspecified atom stereocenters. The van der Waals surface area contributed by atoms with Crippen LogP contribution in [0, 0.1) is 18.7 Å². The van der Waals surface area contributed by atoms with Crippen molar-refractivity contribution in [1.82, 2.24) is 0 Å². The Labute approximate surface area is 162 Å². The van der Waals surface area contributed by atoms with Crippen LogP contribution in [0.3, 0.4) is 0 Å². The fourth-order valence-corrected chi connectivity index (χ4v) is 4.74. The number of fused-ring (bicyclic) bond motifs is 1. The molecule has 0 aromatic heterocycles. The molecular formula is C26H29F. The minimum atomic E-state index is -0.0883. The van der Waals surface area contributed by atoms with E-state index in [0.717, 1.165) is 16.9 Å². The van der Waals surface area contributed by atoms with Gasteiger partial charge in [-0.15, -0.1) is 0 Å². The normalized spacial score (nSPS) is 20.1. The molecule has 3 aromatic carbocycles. The lowest BCUT2D eigenvalue weighted by Gasteiger charge is -2.28. The van der Waals surface area contributed by atoms with Crippen LogP contribution in [-0.4, -0.2) is 0 Å². The van der Waals surface area contributed by atoms with E-state index in [4.69, 9.17) is 0 Å². The molecule has 0 aliphatic heterocycles. The molecule has 0 spiro atoms. The molecule has 1 heteroatoms. The predicted molar refractivity (Wildman–Crippen MR) is 114 cm³/mol. The van der Waals surface area contributed by atoms with Crippen LogP contribution in [0.4, 0.5) is 4.39 Å². The molecule has 3 aromatic rings. The van der Waals surface area contributed by atoms with Crippen LogP contribution in [0.2, 0.25) is 0 Å². The fourth-order valence-electron chi connectivity index (χ4n) is 4.74. The highest BCUT2D eigenvalue weighted by Crippen LogP contribution is 2.38. The van der Waals surface area contributed by atoms with Gasteiger partial charge in [-0.05, 0) is 78.5 Å². The van der Waals surface area contributed by atoms with Crippen LogP contribution in [0.1, 0.15) is 62.5 Å². The lowest BCUT2D eigenvalue weighted by Crippen LogP contribution is -2.13. The second kappa shape index (κ2) is 7.84. The molecular weight excluding hydrogens is 331 g/mol. The molecule has 1 aliphatic carbocycles. The van der Waals surface area contributed by atoms with Crippen molar-refractivity contribution in [2.45, 2.75) is 58.3 Å². The number of aryl methyl sites for hydroxylation is 1. The highest BCUT2D eigenvalue weighted by Gasteiger charge is 2.22. The lowest BCUT2D eigenvalue weighted by molar-refractivity contribution is 0.308. The zero-order valence-electron chi connectivity index (χ0n) is 16.5. The Hall–Kier alpha value is -2.15. The largest absolute Gasteiger partial charge is 0.206 e. The zero-order valence-corrected chi connectivity index (χ0v) is 16.5. The number of halogens is 1. The summed E-state index contributed by atoms with van der Waals surface area (Å²) in [6.45, 7) is 4.37. The number of benzene rings is 3. The number of rotatable bonds is 4. The summed E-state index contributed by atoms with van der Waals surface area (Å²) in [6.07, 6.45) is 7.64. The predicted octanol–water partition coefficient (Wildman–Crippen LogP) is 8.03. The lowest BCUT2D eigenvalue weighted by atomic mass is 9.77. The maximum Gasteiger partial charge on any atom is 0.131 e. The summed E-state index contributed by atoms with van der Waals surface area (Å²) in [4.78, 5) is 0. The van der Waals surface area contributed by atoms with Gasteiger partial charge in [0.15, 0.2) is 0 Å². The fraction of sp³-hybridized carbons (Fsp3) is 0.385. The van der Waals surface area contributed by atoms with Crippen molar-refractivity contribution in [3.63, 3.8) is 0 Å². The Kier molecular flexibility index (Phi) is 5.29. The topological polar surface area (TPSA) is 0 Å². The van der Waals surface area contributed by atoms with E-state index in [0.29, 0.717) is 11.5 Å². The highest BCUT2D eigenvalue weighted by atomic mass is 19.1. The van der Waals surface area contributed by atoms with Gasteiger partial charge in [-0.2, -0.15) is 0 Å². The Morgan fingerprint density at radius 1 is 0.852 bits per heavy atom. The molecule has 0 amide bonds. The van der Waals surface area contributed by atoms with Gasteiger partial charge in [0.05, 0.1) is 0 Å². The average molecular weight is 361 g/mol. The van der Waals surface area contributed by atoms with Crippen LogP contribution in [0.25, 0.3) is 21.9 Å². The molecule has 0 radical (unpaired) electrons. The third-order valence-corrected chi connectivity index (χ3v) is 6.31. The Morgan fingerprint density at radius 3 is 2.33 bits per heavy atom. The van der Waals surface area contributed by atoms with E-state index in [1.165, 1.54) is 55.0 Å². The molecule has 4 rings (SSSR count). The van der Waals surface area contributed by atoms with Crippen molar-refractivity contribution in [3.05, 3.63) is 71.5 Å². The van der Waals surface area contributed by atoms with Crippen molar-refractivity contribution < 1.29 is 4.39 Å². The first-order valence-electron chi connectivity index (χ1n) is 10.4. The first-order chi connectivity index (χ1) is 13.1. The third kappa shape index (κ3) is 3.93. The number of hydrogen-bond donors (Lipinski definition) is 0. The van der Waals surface area contributed by atoms with Crippen molar-refractivity contribution in [2.75, 3.05) is 0 Å². The molecule has 0 heterocycles. The van der Waals surface area contributed by atoms with E-state index in [2.05, 4.69) is 50.2 Å². The molecule has 0 nitrogen and oxygen atoms in total. The van der Waals surface area contributed by atoms with E-state index in [1.54, 1.807) is 6.07 Å². The Balaban J connectivity index is 1.56. The zero-order chi connectivity index (χ0) is 18.8. The summed E-state index contributed by atoms with van der Waals surface area (Å²) < 4.78 is 15.0. The van der Waals surface area contributed by atoms with E-state index in [9.17, 15) is 4.39 Å². The molecule has 0 bridgehead atoms. The quantitative estimate of drug-likeness (QED) is 0.442. The van der Waals surface area contributed by atoms with Crippen LogP contribution in [-0.2, 0) is 0 Å². The van der Waals surface area contributed by atoms with Gasteiger partial charge < -0.3 is 0 Å². The van der Waals surface area contributed by atoms with Gasteiger partial charge in [0, 0.05) is 5.56 Å². The van der Waals surface area contributed by atoms with Gasteiger partial charge >= 0.3 is 0 Å². The van der Waals surface area contributed by atoms with E-state index >= 15 is 0 Å². The maximum atomic E-state index is 15.0. The molecule has 1 fully saturated rings. The third-order valence-electron chi connectivity index (χ3n) is 6.31. The summed E-state index contributed by atoms with van der Waals surface area (Å²) in [6, 6.07) is 18.6. The molecule has 140 valence electrons. The van der Waals surface area contributed by atoms with Crippen molar-refractivity contribution in [1.29, 1.82) is 0 Å². The standard InChI is InChI=1S/C26H29F/c1-3-4-19-6-9-20(10-7-19)23-13-14-25(26(27)17-23)24-12-11-21-15-18(2)5-8-22(21)16-24/h5,8,11-17,19-20H,3-4,6-7,9-10H2,1-2H3. The monoisotopic (exact) mass is 360 g/mol. The first kappa shape index (κ1) is 18.2. The van der Waals surface area contributed by atoms with Crippen LogP contribution < -0.4 is 0 Å². The summed E-state index contributed by atoms with van der Waals surface area (Å²) in [5.41, 5.74) is 4.10. The van der Waals surface area contributed by atoms with Gasteiger partial charge in [0.25, 0.3) is 0 Å². The smallest absolute Gasteiger partial charge is 0.131 e. The summed E-state index contributed by atoms with van der Waals surface area (Å²) >= 11 is 0. The SMILES string of the molecule is CCCC1CCC(c2ccc(-c3ccc4cc(C)ccc4c3)c(F)c2)CC1. The number of hydrogen-bond acceptors (Lipinski definition) is 0. The van der Waals surface area contributed by atoms with E-state index < -0.39 is 0 Å². The average Bonchev–Trinajstić information content (AvgIpc) is 2.68. The van der Waals surface area contributed by atoms with Crippen LogP contribution in [0.15, 0.2) is 54.6 Å². The Morgan fingerprint density at radius 2 is 1.59 bits per heavy atom. The van der Waals surface area contributed by atoms with Gasteiger partial charge in [0.1, 0.15) is 5.82 Å². The summed E-state index contributed by atoms with van der Waals surface area (Å²) in [7, 11) is 0. The van der Waals surface area contributed by atoms with E-state index in [1.807, 2.05) is 12.1 Å². The Bertz CT molecular complexity index is 932. The van der Waals surface area contributed by atoms with Gasteiger partial charge in [-0.1, -0.05) is 67.8 Å². The van der Waals surface area contributed by atoms with Crippen molar-refractivity contribution in [2.24, 2.45) is 5.92 Å². The van der Waals surface area contributed by atoms with Gasteiger partial charge in [-0.3, -0.25) is 0 Å². The van der Waals surface area contributed by atoms with Crippen LogP contribution in [0.5, 0.6) is 0 Å². The minimum Gasteiger partial charge on any atom is -0.206 e. The molecule has 0 atom stereocenters. The van der Waals surface area contributed by atoms with Crippen molar-refractivity contribution in [3.8, 4) is 11.1 Å². The maximum absolute atomic E-state index is 15.0. The van der Waals surface area contributed by atoms with Gasteiger partial charge in [-0.25, -0.2) is 4.39 Å². The highest BCUT2D eigenvalue weighted by molar-refractivity contribution is 5.88. The van der Waals surface area contributed by atoms with Crippen LogP contribution >= 0.6 is 0 Å². The molecule has 1 saturated carbocycles. The minimum absolute atomic E-state index is 0.0883.